The van der Waals surface area contributed by atoms with Crippen LogP contribution in [0.1, 0.15) is 12.5 Å². The Hall–Kier alpha value is -2.56. The predicted molar refractivity (Wildman–Crippen MR) is 94.3 cm³/mol. The van der Waals surface area contributed by atoms with Crippen LogP contribution in [0.25, 0.3) is 0 Å². The molecule has 1 amide bonds. The van der Waals surface area contributed by atoms with Crippen LogP contribution in [0.5, 0.6) is 5.75 Å². The van der Waals surface area contributed by atoms with Crippen molar-refractivity contribution in [3.8, 4) is 5.75 Å². The molecule has 1 aliphatic heterocycles. The molecule has 1 aliphatic rings. The number of carbonyl (C=O) groups is 1. The number of benzene rings is 1. The minimum Gasteiger partial charge on any atom is -0.483 e. The van der Waals surface area contributed by atoms with E-state index in [-0.39, 0.29) is 12.5 Å². The van der Waals surface area contributed by atoms with E-state index in [9.17, 15) is 4.79 Å². The van der Waals surface area contributed by atoms with Crippen LogP contribution in [0.2, 0.25) is 0 Å². The third-order valence-corrected chi connectivity index (χ3v) is 4.31. The van der Waals surface area contributed by atoms with Gasteiger partial charge in [0.1, 0.15) is 11.6 Å². The summed E-state index contributed by atoms with van der Waals surface area (Å²) in [4.78, 5) is 20.8. The van der Waals surface area contributed by atoms with Gasteiger partial charge in [-0.2, -0.15) is 0 Å². The number of aryl methyl sites for hydroxylation is 1. The highest BCUT2D eigenvalue weighted by Gasteiger charge is 2.22. The number of hydrogen-bond donors (Lipinski definition) is 0. The van der Waals surface area contributed by atoms with Crippen molar-refractivity contribution in [2.75, 3.05) is 37.7 Å². The molecule has 2 heterocycles. The zero-order chi connectivity index (χ0) is 16.8. The van der Waals surface area contributed by atoms with E-state index in [1.807, 2.05) is 47.4 Å². The monoisotopic (exact) mass is 325 g/mol. The molecule has 0 saturated carbocycles. The lowest BCUT2D eigenvalue weighted by Gasteiger charge is -2.35. The Balaban J connectivity index is 1.50. The lowest BCUT2D eigenvalue weighted by Crippen LogP contribution is -2.50. The van der Waals surface area contributed by atoms with Gasteiger partial charge in [0.2, 0.25) is 0 Å². The van der Waals surface area contributed by atoms with E-state index in [0.717, 1.165) is 36.6 Å². The quantitative estimate of drug-likeness (QED) is 0.847. The van der Waals surface area contributed by atoms with Crippen molar-refractivity contribution in [2.24, 2.45) is 0 Å². The molecule has 24 heavy (non-hydrogen) atoms. The van der Waals surface area contributed by atoms with Crippen molar-refractivity contribution in [3.05, 3.63) is 54.2 Å². The molecule has 0 N–H and O–H groups in total. The van der Waals surface area contributed by atoms with Crippen LogP contribution in [0.15, 0.2) is 48.7 Å². The minimum atomic E-state index is 0.0431. The van der Waals surface area contributed by atoms with Gasteiger partial charge in [0.15, 0.2) is 6.61 Å². The molecule has 5 nitrogen and oxygen atoms in total. The summed E-state index contributed by atoms with van der Waals surface area (Å²) in [6.07, 6.45) is 2.69. The average Bonchev–Trinajstić information content (AvgIpc) is 2.67. The summed E-state index contributed by atoms with van der Waals surface area (Å²) in [6, 6.07) is 13.8. The van der Waals surface area contributed by atoms with E-state index < -0.39 is 0 Å². The molecule has 5 heteroatoms. The Morgan fingerprint density at radius 3 is 2.54 bits per heavy atom. The maximum absolute atomic E-state index is 12.4. The Labute approximate surface area is 142 Å². The third-order valence-electron chi connectivity index (χ3n) is 4.31. The van der Waals surface area contributed by atoms with Gasteiger partial charge in [-0.25, -0.2) is 4.98 Å². The van der Waals surface area contributed by atoms with E-state index in [4.69, 9.17) is 4.74 Å². The van der Waals surface area contributed by atoms with E-state index in [2.05, 4.69) is 16.8 Å². The Morgan fingerprint density at radius 2 is 1.83 bits per heavy atom. The Kier molecular flexibility index (Phi) is 5.31. The second kappa shape index (κ2) is 7.81. The van der Waals surface area contributed by atoms with Crippen LogP contribution >= 0.6 is 0 Å². The highest BCUT2D eigenvalue weighted by Crippen LogP contribution is 2.18. The largest absolute Gasteiger partial charge is 0.483 e. The van der Waals surface area contributed by atoms with Crippen LogP contribution < -0.4 is 9.64 Å². The van der Waals surface area contributed by atoms with Gasteiger partial charge in [0.05, 0.1) is 0 Å². The van der Waals surface area contributed by atoms with Gasteiger partial charge < -0.3 is 14.5 Å². The zero-order valence-corrected chi connectivity index (χ0v) is 14.0. The summed E-state index contributed by atoms with van der Waals surface area (Å²) in [5.74, 6) is 1.82. The standard InChI is InChI=1S/C19H23N3O2/c1-2-16-7-3-4-8-17(16)24-15-19(23)22-13-11-21(12-14-22)18-9-5-6-10-20-18/h3-10H,2,11-15H2,1H3. The fraction of sp³-hybridized carbons (Fsp3) is 0.368. The number of ether oxygens (including phenoxy) is 1. The normalized spacial score (nSPS) is 14.5. The van der Waals surface area contributed by atoms with Crippen LogP contribution in [0, 0.1) is 0 Å². The van der Waals surface area contributed by atoms with Crippen molar-refractivity contribution in [1.29, 1.82) is 0 Å². The van der Waals surface area contributed by atoms with Gasteiger partial charge in [-0.15, -0.1) is 0 Å². The summed E-state index contributed by atoms with van der Waals surface area (Å²) in [5.41, 5.74) is 1.13. The van der Waals surface area contributed by atoms with Crippen molar-refractivity contribution in [3.63, 3.8) is 0 Å². The van der Waals surface area contributed by atoms with E-state index >= 15 is 0 Å². The highest BCUT2D eigenvalue weighted by molar-refractivity contribution is 5.78. The molecule has 126 valence electrons. The lowest BCUT2D eigenvalue weighted by atomic mass is 10.1. The van der Waals surface area contributed by atoms with Crippen LogP contribution in [0.4, 0.5) is 5.82 Å². The summed E-state index contributed by atoms with van der Waals surface area (Å²) in [7, 11) is 0. The van der Waals surface area contributed by atoms with Crippen molar-refractivity contribution >= 4 is 11.7 Å². The molecule has 1 saturated heterocycles. The molecule has 1 aromatic heterocycles. The van der Waals surface area contributed by atoms with E-state index in [1.165, 1.54) is 0 Å². The molecule has 3 rings (SSSR count). The van der Waals surface area contributed by atoms with Gasteiger partial charge in [-0.05, 0) is 30.2 Å². The molecule has 0 aliphatic carbocycles. The van der Waals surface area contributed by atoms with Crippen molar-refractivity contribution in [1.82, 2.24) is 9.88 Å². The number of rotatable bonds is 5. The van der Waals surface area contributed by atoms with Crippen molar-refractivity contribution in [2.45, 2.75) is 13.3 Å². The highest BCUT2D eigenvalue weighted by atomic mass is 16.5. The summed E-state index contributed by atoms with van der Waals surface area (Å²) < 4.78 is 5.74. The number of hydrogen-bond acceptors (Lipinski definition) is 4. The number of carbonyl (C=O) groups excluding carboxylic acids is 1. The molecule has 1 fully saturated rings. The molecule has 2 aromatic rings. The molecule has 0 spiro atoms. The molecule has 0 bridgehead atoms. The topological polar surface area (TPSA) is 45.7 Å². The number of piperazine rings is 1. The number of amides is 1. The predicted octanol–water partition coefficient (Wildman–Crippen LogP) is 2.37. The fourth-order valence-corrected chi connectivity index (χ4v) is 2.89. The smallest absolute Gasteiger partial charge is 0.260 e. The molecule has 0 atom stereocenters. The first-order chi connectivity index (χ1) is 11.8. The van der Waals surface area contributed by atoms with Crippen LogP contribution in [-0.4, -0.2) is 48.6 Å². The number of aromatic nitrogens is 1. The van der Waals surface area contributed by atoms with Gasteiger partial charge in [-0.1, -0.05) is 31.2 Å². The lowest BCUT2D eigenvalue weighted by molar-refractivity contribution is -0.133. The molecular weight excluding hydrogens is 302 g/mol. The SMILES string of the molecule is CCc1ccccc1OCC(=O)N1CCN(c2ccccn2)CC1. The number of pyridine rings is 1. The number of para-hydroxylation sites is 1. The van der Waals surface area contributed by atoms with Crippen LogP contribution in [-0.2, 0) is 11.2 Å². The first-order valence-corrected chi connectivity index (χ1v) is 8.42. The molecule has 1 aromatic carbocycles. The minimum absolute atomic E-state index is 0.0431. The number of anilines is 1. The van der Waals surface area contributed by atoms with Gasteiger partial charge in [0, 0.05) is 32.4 Å². The summed E-state index contributed by atoms with van der Waals surface area (Å²) >= 11 is 0. The third kappa shape index (κ3) is 3.85. The summed E-state index contributed by atoms with van der Waals surface area (Å²) in [5, 5.41) is 0. The second-order valence-electron chi connectivity index (χ2n) is 5.81. The average molecular weight is 325 g/mol. The van der Waals surface area contributed by atoms with Crippen molar-refractivity contribution < 1.29 is 9.53 Å². The van der Waals surface area contributed by atoms with Crippen LogP contribution in [0.3, 0.4) is 0 Å². The first kappa shape index (κ1) is 16.3. The molecular formula is C19H23N3O2. The van der Waals surface area contributed by atoms with E-state index in [0.29, 0.717) is 13.1 Å². The number of nitrogens with zero attached hydrogens (tertiary/aromatic N) is 3. The first-order valence-electron chi connectivity index (χ1n) is 8.42. The van der Waals surface area contributed by atoms with Gasteiger partial charge in [0.25, 0.3) is 5.91 Å². The maximum atomic E-state index is 12.4. The molecule has 0 unspecified atom stereocenters. The van der Waals surface area contributed by atoms with Gasteiger partial charge in [-0.3, -0.25) is 4.79 Å². The zero-order valence-electron chi connectivity index (χ0n) is 14.0. The summed E-state index contributed by atoms with van der Waals surface area (Å²) in [6.45, 7) is 5.19. The second-order valence-corrected chi connectivity index (χ2v) is 5.81. The van der Waals surface area contributed by atoms with E-state index in [1.54, 1.807) is 6.20 Å². The molecule has 0 radical (unpaired) electrons. The Bertz CT molecular complexity index is 667. The fourth-order valence-electron chi connectivity index (χ4n) is 2.89. The maximum Gasteiger partial charge on any atom is 0.260 e. The van der Waals surface area contributed by atoms with Gasteiger partial charge >= 0.3 is 0 Å². The Morgan fingerprint density at radius 1 is 1.08 bits per heavy atom.